The van der Waals surface area contributed by atoms with Gasteiger partial charge in [-0.05, 0) is 13.0 Å². The van der Waals surface area contributed by atoms with Gasteiger partial charge in [-0.15, -0.1) is 5.10 Å². The Labute approximate surface area is 119 Å². The summed E-state index contributed by atoms with van der Waals surface area (Å²) in [6.07, 6.45) is 1.31. The van der Waals surface area contributed by atoms with Crippen molar-refractivity contribution < 1.29 is 9.53 Å². The van der Waals surface area contributed by atoms with Gasteiger partial charge >= 0.3 is 5.97 Å². The van der Waals surface area contributed by atoms with Crippen molar-refractivity contribution in [2.45, 2.75) is 6.92 Å². The number of aromatic nitrogens is 4. The van der Waals surface area contributed by atoms with E-state index >= 15 is 0 Å². The van der Waals surface area contributed by atoms with Crippen LogP contribution in [0.5, 0.6) is 0 Å². The van der Waals surface area contributed by atoms with E-state index in [2.05, 4.69) is 15.3 Å². The summed E-state index contributed by atoms with van der Waals surface area (Å²) in [4.78, 5) is 26.4. The number of benzene rings is 1. The van der Waals surface area contributed by atoms with Gasteiger partial charge in [-0.25, -0.2) is 9.48 Å². The molecule has 0 aliphatic carbocycles. The molecule has 106 valence electrons. The molecule has 0 spiro atoms. The number of nitrogens with one attached hydrogen (secondary N) is 1. The lowest BCUT2D eigenvalue weighted by Crippen LogP contribution is -2.15. The van der Waals surface area contributed by atoms with E-state index in [0.717, 1.165) is 5.39 Å². The lowest BCUT2D eigenvalue weighted by atomic mass is 10.2. The molecule has 3 rings (SSSR count). The highest BCUT2D eigenvalue weighted by Gasteiger charge is 2.17. The van der Waals surface area contributed by atoms with Crippen LogP contribution < -0.4 is 5.56 Å². The maximum Gasteiger partial charge on any atom is 0.358 e. The van der Waals surface area contributed by atoms with Gasteiger partial charge in [-0.2, -0.15) is 0 Å². The SMILES string of the molecule is CCOC(=O)c1cnnn1-c1cc(=O)[nH]c2ccccc12. The lowest BCUT2D eigenvalue weighted by molar-refractivity contribution is 0.0516. The first-order chi connectivity index (χ1) is 10.2. The molecule has 0 aliphatic rings. The number of carbonyl (C=O) groups excluding carboxylic acids is 1. The van der Waals surface area contributed by atoms with E-state index in [0.29, 0.717) is 11.2 Å². The average molecular weight is 284 g/mol. The normalized spacial score (nSPS) is 10.7. The Morgan fingerprint density at radius 1 is 1.38 bits per heavy atom. The molecular weight excluding hydrogens is 272 g/mol. The van der Waals surface area contributed by atoms with Crippen LogP contribution in [0, 0.1) is 0 Å². The quantitative estimate of drug-likeness (QED) is 0.732. The number of para-hydroxylation sites is 1. The molecule has 7 heteroatoms. The molecule has 0 saturated carbocycles. The summed E-state index contributed by atoms with van der Waals surface area (Å²) in [5.41, 5.74) is 1.03. The fourth-order valence-corrected chi connectivity index (χ4v) is 2.12. The van der Waals surface area contributed by atoms with Gasteiger partial charge < -0.3 is 9.72 Å². The van der Waals surface area contributed by atoms with E-state index in [1.54, 1.807) is 13.0 Å². The van der Waals surface area contributed by atoms with Gasteiger partial charge in [0.05, 0.1) is 24.0 Å². The molecule has 0 radical (unpaired) electrons. The molecule has 0 unspecified atom stereocenters. The van der Waals surface area contributed by atoms with Crippen LogP contribution in [0.2, 0.25) is 0 Å². The Balaban J connectivity index is 2.24. The Kier molecular flexibility index (Phi) is 3.23. The van der Waals surface area contributed by atoms with Crippen LogP contribution in [0.4, 0.5) is 0 Å². The molecule has 0 saturated heterocycles. The van der Waals surface area contributed by atoms with Crippen LogP contribution in [0.15, 0.2) is 41.3 Å². The van der Waals surface area contributed by atoms with Crippen LogP contribution in [0.25, 0.3) is 16.6 Å². The molecule has 1 aromatic carbocycles. The maximum absolute atomic E-state index is 11.9. The number of fused-ring (bicyclic) bond motifs is 1. The van der Waals surface area contributed by atoms with Gasteiger partial charge in [0.2, 0.25) is 0 Å². The first kappa shape index (κ1) is 13.0. The van der Waals surface area contributed by atoms with Crippen molar-refractivity contribution in [2.75, 3.05) is 6.61 Å². The van der Waals surface area contributed by atoms with Crippen LogP contribution in [0.1, 0.15) is 17.4 Å². The highest BCUT2D eigenvalue weighted by molar-refractivity contribution is 5.91. The van der Waals surface area contributed by atoms with Gasteiger partial charge in [0.25, 0.3) is 5.56 Å². The van der Waals surface area contributed by atoms with Crippen molar-refractivity contribution >= 4 is 16.9 Å². The molecule has 2 heterocycles. The number of aromatic amines is 1. The largest absolute Gasteiger partial charge is 0.461 e. The lowest BCUT2D eigenvalue weighted by Gasteiger charge is -2.08. The number of H-pyrrole nitrogens is 1. The third-order valence-corrected chi connectivity index (χ3v) is 2.99. The topological polar surface area (TPSA) is 89.9 Å². The summed E-state index contributed by atoms with van der Waals surface area (Å²) < 4.78 is 6.28. The molecule has 0 bridgehead atoms. The van der Waals surface area contributed by atoms with Crippen LogP contribution in [0.3, 0.4) is 0 Å². The second-order valence-corrected chi connectivity index (χ2v) is 4.32. The minimum Gasteiger partial charge on any atom is -0.461 e. The predicted octanol–water partition coefficient (Wildman–Crippen LogP) is 1.29. The first-order valence-corrected chi connectivity index (χ1v) is 6.41. The third kappa shape index (κ3) is 2.29. The van der Waals surface area contributed by atoms with Gasteiger partial charge in [0.1, 0.15) is 0 Å². The molecule has 2 aromatic heterocycles. The molecule has 0 aliphatic heterocycles. The smallest absolute Gasteiger partial charge is 0.358 e. The average Bonchev–Trinajstić information content (AvgIpc) is 2.96. The number of nitrogens with zero attached hydrogens (tertiary/aromatic N) is 3. The molecule has 0 atom stereocenters. The molecule has 0 amide bonds. The minimum absolute atomic E-state index is 0.174. The van der Waals surface area contributed by atoms with Crippen molar-refractivity contribution in [3.05, 3.63) is 52.6 Å². The predicted molar refractivity (Wildman–Crippen MR) is 75.4 cm³/mol. The van der Waals surface area contributed by atoms with Gasteiger partial charge in [-0.1, -0.05) is 23.4 Å². The zero-order valence-electron chi connectivity index (χ0n) is 11.2. The molecule has 0 fully saturated rings. The molecule has 21 heavy (non-hydrogen) atoms. The number of esters is 1. The number of hydrogen-bond donors (Lipinski definition) is 1. The van der Waals surface area contributed by atoms with Crippen molar-refractivity contribution in [1.82, 2.24) is 20.0 Å². The summed E-state index contributed by atoms with van der Waals surface area (Å²) in [5.74, 6) is -0.535. The summed E-state index contributed by atoms with van der Waals surface area (Å²) in [7, 11) is 0. The van der Waals surface area contributed by atoms with Gasteiger partial charge in [0, 0.05) is 11.5 Å². The van der Waals surface area contributed by atoms with E-state index in [-0.39, 0.29) is 17.9 Å². The highest BCUT2D eigenvalue weighted by Crippen LogP contribution is 2.19. The van der Waals surface area contributed by atoms with E-state index in [4.69, 9.17) is 4.74 Å². The maximum atomic E-state index is 11.9. The Bertz CT molecular complexity index is 866. The minimum atomic E-state index is -0.535. The summed E-state index contributed by atoms with van der Waals surface area (Å²) in [6.45, 7) is 1.97. The van der Waals surface area contributed by atoms with Crippen molar-refractivity contribution in [2.24, 2.45) is 0 Å². The number of rotatable bonds is 3. The fourth-order valence-electron chi connectivity index (χ4n) is 2.12. The summed E-state index contributed by atoms with van der Waals surface area (Å²) >= 11 is 0. The van der Waals surface area contributed by atoms with Gasteiger partial charge in [-0.3, -0.25) is 4.79 Å². The Morgan fingerprint density at radius 3 is 3.00 bits per heavy atom. The Morgan fingerprint density at radius 2 is 2.19 bits per heavy atom. The van der Waals surface area contributed by atoms with E-state index in [9.17, 15) is 9.59 Å². The van der Waals surface area contributed by atoms with Crippen LogP contribution in [-0.4, -0.2) is 32.6 Å². The van der Waals surface area contributed by atoms with Crippen molar-refractivity contribution in [1.29, 1.82) is 0 Å². The standard InChI is InChI=1S/C14H12N4O3/c1-2-21-14(20)12-8-15-17-18(12)11-7-13(19)16-10-6-4-3-5-9(10)11/h3-8H,2H2,1H3,(H,16,19). The first-order valence-electron chi connectivity index (χ1n) is 6.41. The number of hydrogen-bond acceptors (Lipinski definition) is 5. The van der Waals surface area contributed by atoms with Crippen molar-refractivity contribution in [3.63, 3.8) is 0 Å². The van der Waals surface area contributed by atoms with Crippen molar-refractivity contribution in [3.8, 4) is 5.69 Å². The monoisotopic (exact) mass is 284 g/mol. The fraction of sp³-hybridized carbons (Fsp3) is 0.143. The summed E-state index contributed by atoms with van der Waals surface area (Å²) in [5, 5.41) is 8.39. The van der Waals surface area contributed by atoms with E-state index < -0.39 is 5.97 Å². The second kappa shape index (κ2) is 5.20. The van der Waals surface area contributed by atoms with Crippen LogP contribution in [-0.2, 0) is 4.74 Å². The summed E-state index contributed by atoms with van der Waals surface area (Å²) in [6, 6.07) is 8.64. The highest BCUT2D eigenvalue weighted by atomic mass is 16.5. The molecule has 1 N–H and O–H groups in total. The second-order valence-electron chi connectivity index (χ2n) is 4.32. The molecular formula is C14H12N4O3. The zero-order chi connectivity index (χ0) is 14.8. The Hall–Kier alpha value is -2.96. The molecule has 3 aromatic rings. The zero-order valence-corrected chi connectivity index (χ0v) is 11.2. The van der Waals surface area contributed by atoms with Crippen LogP contribution >= 0.6 is 0 Å². The molecule has 7 nitrogen and oxygen atoms in total. The van der Waals surface area contributed by atoms with Gasteiger partial charge in [0.15, 0.2) is 5.69 Å². The van der Waals surface area contributed by atoms with E-state index in [1.807, 2.05) is 18.2 Å². The number of pyridine rings is 1. The number of carbonyl (C=O) groups is 1. The van der Waals surface area contributed by atoms with E-state index in [1.165, 1.54) is 16.9 Å². The third-order valence-electron chi connectivity index (χ3n) is 2.99. The number of ether oxygens (including phenoxy) is 1.